The second kappa shape index (κ2) is 6.34. The monoisotopic (exact) mass is 371 g/mol. The highest BCUT2D eigenvalue weighted by Crippen LogP contribution is 2.36. The van der Waals surface area contributed by atoms with Gasteiger partial charge in [-0.3, -0.25) is 4.79 Å². The van der Waals surface area contributed by atoms with Gasteiger partial charge in [-0.25, -0.2) is 14.8 Å². The molecule has 0 amide bonds. The van der Waals surface area contributed by atoms with Crippen LogP contribution in [-0.4, -0.2) is 41.1 Å². The molecule has 0 radical (unpaired) electrons. The summed E-state index contributed by atoms with van der Waals surface area (Å²) in [7, 11) is 1.26. The van der Waals surface area contributed by atoms with Crippen molar-refractivity contribution in [2.45, 2.75) is 5.16 Å². The summed E-state index contributed by atoms with van der Waals surface area (Å²) >= 11 is 1.28. The first-order valence-corrected chi connectivity index (χ1v) is 8.80. The molecule has 1 aliphatic heterocycles. The Balaban J connectivity index is 1.98. The number of nitrogens with zero attached hydrogens (tertiary/aromatic N) is 2. The molecule has 4 rings (SSSR count). The van der Waals surface area contributed by atoms with E-state index in [-0.39, 0.29) is 23.4 Å². The van der Waals surface area contributed by atoms with E-state index in [4.69, 9.17) is 14.2 Å². The van der Waals surface area contributed by atoms with Crippen LogP contribution in [0.15, 0.2) is 34.2 Å². The summed E-state index contributed by atoms with van der Waals surface area (Å²) in [6, 6.07) is 6.84. The largest absolute Gasteiger partial charge is 0.465 e. The van der Waals surface area contributed by atoms with Crippen LogP contribution in [0.4, 0.5) is 0 Å². The fourth-order valence-corrected chi connectivity index (χ4v) is 3.06. The third-order valence-corrected chi connectivity index (χ3v) is 4.50. The highest BCUT2D eigenvalue weighted by Gasteiger charge is 2.20. The molecule has 2 aromatic heterocycles. The molecule has 26 heavy (non-hydrogen) atoms. The summed E-state index contributed by atoms with van der Waals surface area (Å²) in [6.45, 7) is 0.158. The minimum atomic E-state index is -0.636. The highest BCUT2D eigenvalue weighted by atomic mass is 32.2. The number of H-pyrrole nitrogens is 1. The number of ether oxygens (including phenoxy) is 3. The van der Waals surface area contributed by atoms with Gasteiger partial charge in [-0.15, -0.1) is 0 Å². The number of carbonyl (C=O) groups is 1. The van der Waals surface area contributed by atoms with Gasteiger partial charge < -0.3 is 19.2 Å². The van der Waals surface area contributed by atoms with Gasteiger partial charge >= 0.3 is 5.97 Å². The Morgan fingerprint density at radius 2 is 2.04 bits per heavy atom. The van der Waals surface area contributed by atoms with Crippen molar-refractivity contribution in [2.75, 3.05) is 20.2 Å². The van der Waals surface area contributed by atoms with Crippen LogP contribution in [0.2, 0.25) is 0 Å². The molecule has 1 aromatic carbocycles. The fraction of sp³-hybridized carbons (Fsp3) is 0.176. The van der Waals surface area contributed by atoms with E-state index in [1.165, 1.54) is 24.9 Å². The van der Waals surface area contributed by atoms with E-state index in [0.717, 1.165) is 0 Å². The first kappa shape index (κ1) is 16.4. The number of esters is 1. The lowest BCUT2D eigenvalue weighted by Crippen LogP contribution is -2.15. The molecule has 0 fully saturated rings. The zero-order chi connectivity index (χ0) is 18.3. The number of aromatic amines is 1. The summed E-state index contributed by atoms with van der Waals surface area (Å²) in [5.41, 5.74) is 1.01. The van der Waals surface area contributed by atoms with Gasteiger partial charge in [0.2, 0.25) is 6.79 Å². The molecule has 0 spiro atoms. The Bertz CT molecular complexity index is 1100. The van der Waals surface area contributed by atoms with Gasteiger partial charge in [-0.05, 0) is 30.5 Å². The predicted molar refractivity (Wildman–Crippen MR) is 94.8 cm³/mol. The standard InChI is InChI=1S/C17H13N3O5S/c1-23-16(22)9-6-10(8-3-4-11-12(5-8)25-7-24-11)18-14-13(9)15(21)20-17(19-14)26-2/h3-6H,7H2,1-2H3,(H,18,19,20,21). The van der Waals surface area contributed by atoms with Crippen molar-refractivity contribution in [3.63, 3.8) is 0 Å². The van der Waals surface area contributed by atoms with E-state index in [0.29, 0.717) is 27.9 Å². The Morgan fingerprint density at radius 1 is 1.23 bits per heavy atom. The number of aromatic nitrogens is 3. The van der Waals surface area contributed by atoms with Crippen molar-refractivity contribution in [3.8, 4) is 22.8 Å². The third kappa shape index (κ3) is 2.66. The van der Waals surface area contributed by atoms with Crippen LogP contribution in [0.25, 0.3) is 22.3 Å². The van der Waals surface area contributed by atoms with Crippen LogP contribution < -0.4 is 15.0 Å². The van der Waals surface area contributed by atoms with Gasteiger partial charge in [-0.1, -0.05) is 11.8 Å². The maximum atomic E-state index is 12.4. The lowest BCUT2D eigenvalue weighted by atomic mass is 10.1. The normalized spacial score (nSPS) is 12.4. The lowest BCUT2D eigenvalue weighted by molar-refractivity contribution is 0.0603. The number of nitrogens with one attached hydrogen (secondary N) is 1. The molecule has 3 heterocycles. The van der Waals surface area contributed by atoms with Gasteiger partial charge in [0.15, 0.2) is 22.3 Å². The molecule has 9 heteroatoms. The van der Waals surface area contributed by atoms with Crippen LogP contribution in [0, 0.1) is 0 Å². The third-order valence-electron chi connectivity index (χ3n) is 3.92. The minimum Gasteiger partial charge on any atom is -0.465 e. The Kier molecular flexibility index (Phi) is 4.00. The summed E-state index contributed by atoms with van der Waals surface area (Å²) in [5, 5.41) is 0.507. The first-order valence-electron chi connectivity index (χ1n) is 7.58. The summed E-state index contributed by atoms with van der Waals surface area (Å²) in [5.74, 6) is 0.596. The van der Waals surface area contributed by atoms with Gasteiger partial charge in [0.25, 0.3) is 5.56 Å². The maximum absolute atomic E-state index is 12.4. The van der Waals surface area contributed by atoms with Crippen LogP contribution >= 0.6 is 11.8 Å². The number of fused-ring (bicyclic) bond motifs is 2. The maximum Gasteiger partial charge on any atom is 0.338 e. The number of carbonyl (C=O) groups excluding carboxylic acids is 1. The Hall–Kier alpha value is -3.07. The number of pyridine rings is 1. The van der Waals surface area contributed by atoms with E-state index in [2.05, 4.69) is 15.0 Å². The summed E-state index contributed by atoms with van der Waals surface area (Å²) in [6.07, 6.45) is 1.78. The molecule has 0 saturated carbocycles. The van der Waals surface area contributed by atoms with Gasteiger partial charge in [-0.2, -0.15) is 0 Å². The van der Waals surface area contributed by atoms with Gasteiger partial charge in [0.05, 0.1) is 23.8 Å². The molecule has 0 saturated heterocycles. The minimum absolute atomic E-state index is 0.0964. The molecule has 1 N–H and O–H groups in total. The van der Waals surface area contributed by atoms with Crippen molar-refractivity contribution < 1.29 is 19.0 Å². The molecule has 132 valence electrons. The molecule has 0 atom stereocenters. The van der Waals surface area contributed by atoms with Crippen molar-refractivity contribution in [1.29, 1.82) is 0 Å². The molecule has 0 aliphatic carbocycles. The Labute approximate surface area is 151 Å². The van der Waals surface area contributed by atoms with Crippen molar-refractivity contribution in [1.82, 2.24) is 15.0 Å². The number of rotatable bonds is 3. The number of hydrogen-bond acceptors (Lipinski definition) is 8. The van der Waals surface area contributed by atoms with Crippen LogP contribution in [0.3, 0.4) is 0 Å². The molecule has 1 aliphatic rings. The number of thioether (sulfide) groups is 1. The molecular weight excluding hydrogens is 358 g/mol. The van der Waals surface area contributed by atoms with Gasteiger partial charge in [0.1, 0.15) is 0 Å². The molecule has 0 unspecified atom stereocenters. The van der Waals surface area contributed by atoms with E-state index in [1.807, 2.05) is 0 Å². The second-order valence-corrected chi connectivity index (χ2v) is 6.18. The van der Waals surface area contributed by atoms with Crippen molar-refractivity contribution in [3.05, 3.63) is 40.2 Å². The number of benzene rings is 1. The van der Waals surface area contributed by atoms with E-state index < -0.39 is 11.5 Å². The highest BCUT2D eigenvalue weighted by molar-refractivity contribution is 7.98. The summed E-state index contributed by atoms with van der Waals surface area (Å²) in [4.78, 5) is 36.0. The fourth-order valence-electron chi connectivity index (χ4n) is 2.69. The molecule has 3 aromatic rings. The molecular formula is C17H13N3O5S. The zero-order valence-electron chi connectivity index (χ0n) is 13.9. The van der Waals surface area contributed by atoms with E-state index in [1.54, 1.807) is 24.5 Å². The quantitative estimate of drug-likeness (QED) is 0.425. The zero-order valence-corrected chi connectivity index (χ0v) is 14.7. The average Bonchev–Trinajstić information content (AvgIpc) is 3.13. The van der Waals surface area contributed by atoms with E-state index >= 15 is 0 Å². The summed E-state index contributed by atoms with van der Waals surface area (Å²) < 4.78 is 15.5. The molecule has 8 nitrogen and oxygen atoms in total. The van der Waals surface area contributed by atoms with Crippen molar-refractivity contribution in [2.24, 2.45) is 0 Å². The van der Waals surface area contributed by atoms with Crippen LogP contribution in [0.5, 0.6) is 11.5 Å². The number of methoxy groups -OCH3 is 1. The first-order chi connectivity index (χ1) is 12.6. The second-order valence-electron chi connectivity index (χ2n) is 5.39. The topological polar surface area (TPSA) is 103 Å². The Morgan fingerprint density at radius 3 is 2.81 bits per heavy atom. The van der Waals surface area contributed by atoms with E-state index in [9.17, 15) is 9.59 Å². The lowest BCUT2D eigenvalue weighted by Gasteiger charge is -2.09. The molecule has 0 bridgehead atoms. The smallest absolute Gasteiger partial charge is 0.338 e. The predicted octanol–water partition coefficient (Wildman–Crippen LogP) is 2.22. The van der Waals surface area contributed by atoms with Crippen LogP contribution in [-0.2, 0) is 4.74 Å². The average molecular weight is 371 g/mol. The SMILES string of the molecule is COC(=O)c1cc(-c2ccc3c(c2)OCO3)nc2nc(SC)[nH]c(=O)c12. The number of hydrogen-bond donors (Lipinski definition) is 1. The van der Waals surface area contributed by atoms with Gasteiger partial charge in [0, 0.05) is 5.56 Å². The van der Waals surface area contributed by atoms with Crippen molar-refractivity contribution >= 4 is 28.8 Å². The van der Waals surface area contributed by atoms with Crippen LogP contribution in [0.1, 0.15) is 10.4 Å².